The van der Waals surface area contributed by atoms with Gasteiger partial charge in [0.05, 0.1) is 34.5 Å². The van der Waals surface area contributed by atoms with Crippen molar-refractivity contribution in [2.24, 2.45) is 11.3 Å². The van der Waals surface area contributed by atoms with Gasteiger partial charge >= 0.3 is 0 Å². The highest BCUT2D eigenvalue weighted by Gasteiger charge is 2.44. The quantitative estimate of drug-likeness (QED) is 0.831. The zero-order chi connectivity index (χ0) is 19.3. The third-order valence-electron chi connectivity index (χ3n) is 4.36. The molecule has 0 fully saturated rings. The molecule has 2 atom stereocenters. The molecular formula is C19H20N4O2S. The van der Waals surface area contributed by atoms with Crippen LogP contribution in [0.3, 0.4) is 0 Å². The van der Waals surface area contributed by atoms with E-state index in [1.165, 1.54) is 0 Å². The van der Waals surface area contributed by atoms with Crippen molar-refractivity contribution in [2.45, 2.75) is 26.8 Å². The molecule has 1 aliphatic heterocycles. The molecular weight excluding hydrogens is 348 g/mol. The molecule has 0 saturated heterocycles. The van der Waals surface area contributed by atoms with E-state index in [-0.39, 0.29) is 17.7 Å². The van der Waals surface area contributed by atoms with Crippen molar-refractivity contribution < 1.29 is 9.59 Å². The highest BCUT2D eigenvalue weighted by atomic mass is 32.2. The van der Waals surface area contributed by atoms with Crippen molar-refractivity contribution in [3.63, 3.8) is 0 Å². The molecule has 0 saturated carbocycles. The summed E-state index contributed by atoms with van der Waals surface area (Å²) in [5, 5.41) is 24.5. The van der Waals surface area contributed by atoms with Gasteiger partial charge in [0.25, 0.3) is 0 Å². The predicted octanol–water partition coefficient (Wildman–Crippen LogP) is 2.63. The molecule has 1 aromatic carbocycles. The van der Waals surface area contributed by atoms with E-state index in [2.05, 4.69) is 16.7 Å². The van der Waals surface area contributed by atoms with E-state index >= 15 is 0 Å². The molecule has 0 aromatic heterocycles. The highest BCUT2D eigenvalue weighted by molar-refractivity contribution is 8.03. The molecule has 0 aliphatic carbocycles. The Labute approximate surface area is 157 Å². The average molecular weight is 368 g/mol. The molecule has 1 aromatic rings. The molecule has 7 heteroatoms. The van der Waals surface area contributed by atoms with Crippen LogP contribution in [0.1, 0.15) is 32.4 Å². The van der Waals surface area contributed by atoms with Gasteiger partial charge in [-0.2, -0.15) is 10.5 Å². The molecule has 0 spiro atoms. The number of carbonyl (C=O) groups is 2. The Morgan fingerprint density at radius 3 is 2.58 bits per heavy atom. The summed E-state index contributed by atoms with van der Waals surface area (Å²) in [4.78, 5) is 24.4. The van der Waals surface area contributed by atoms with Gasteiger partial charge in [0.15, 0.2) is 0 Å². The predicted molar refractivity (Wildman–Crippen MR) is 99.1 cm³/mol. The van der Waals surface area contributed by atoms with E-state index in [4.69, 9.17) is 0 Å². The Kier molecular flexibility index (Phi) is 6.07. The van der Waals surface area contributed by atoms with Crippen molar-refractivity contribution in [2.75, 3.05) is 5.75 Å². The highest BCUT2D eigenvalue weighted by Crippen LogP contribution is 2.41. The lowest BCUT2D eigenvalue weighted by Gasteiger charge is -2.34. The fourth-order valence-corrected chi connectivity index (χ4v) is 3.76. The Bertz CT molecular complexity index is 818. The van der Waals surface area contributed by atoms with E-state index in [1.807, 2.05) is 43.3 Å². The monoisotopic (exact) mass is 368 g/mol. The summed E-state index contributed by atoms with van der Waals surface area (Å²) in [6.45, 7) is 5.27. The van der Waals surface area contributed by atoms with Crippen LogP contribution < -0.4 is 10.6 Å². The largest absolute Gasteiger partial charge is 0.349 e. The van der Waals surface area contributed by atoms with Crippen LogP contribution in [0, 0.1) is 34.0 Å². The SMILES string of the molecule is C[C@H](NC(=O)CSC1=C(C#N)C(C)(C)[C@H](C#N)C(=O)N1)c1ccccc1. The van der Waals surface area contributed by atoms with Crippen molar-refractivity contribution in [3.8, 4) is 12.1 Å². The van der Waals surface area contributed by atoms with Gasteiger partial charge in [-0.15, -0.1) is 0 Å². The molecule has 0 radical (unpaired) electrons. The second-order valence-electron chi connectivity index (χ2n) is 6.58. The minimum atomic E-state index is -0.937. The van der Waals surface area contributed by atoms with Crippen LogP contribution in [0.25, 0.3) is 0 Å². The van der Waals surface area contributed by atoms with Crippen molar-refractivity contribution >= 4 is 23.6 Å². The third kappa shape index (κ3) is 4.07. The number of carbonyl (C=O) groups excluding carboxylic acids is 2. The summed E-state index contributed by atoms with van der Waals surface area (Å²) < 4.78 is 0. The van der Waals surface area contributed by atoms with Crippen LogP contribution in [0.5, 0.6) is 0 Å². The minimum Gasteiger partial charge on any atom is -0.349 e. The normalized spacial score (nSPS) is 19.7. The van der Waals surface area contributed by atoms with Gasteiger partial charge in [-0.1, -0.05) is 55.9 Å². The van der Waals surface area contributed by atoms with E-state index in [0.29, 0.717) is 10.6 Å². The van der Waals surface area contributed by atoms with Gasteiger partial charge in [-0.3, -0.25) is 9.59 Å². The molecule has 2 N–H and O–H groups in total. The van der Waals surface area contributed by atoms with E-state index < -0.39 is 17.2 Å². The summed E-state index contributed by atoms with van der Waals surface area (Å²) in [6.07, 6.45) is 0. The summed E-state index contributed by atoms with van der Waals surface area (Å²) >= 11 is 1.10. The van der Waals surface area contributed by atoms with Crippen molar-refractivity contribution in [1.82, 2.24) is 10.6 Å². The van der Waals surface area contributed by atoms with Gasteiger partial charge < -0.3 is 10.6 Å². The van der Waals surface area contributed by atoms with Crippen LogP contribution >= 0.6 is 11.8 Å². The second kappa shape index (κ2) is 8.07. The number of nitrogens with zero attached hydrogens (tertiary/aromatic N) is 2. The average Bonchev–Trinajstić information content (AvgIpc) is 2.60. The first-order valence-corrected chi connectivity index (χ1v) is 9.12. The molecule has 2 amide bonds. The number of benzene rings is 1. The summed E-state index contributed by atoms with van der Waals surface area (Å²) in [6, 6.07) is 13.5. The van der Waals surface area contributed by atoms with Crippen LogP contribution in [0.2, 0.25) is 0 Å². The third-order valence-corrected chi connectivity index (χ3v) is 5.36. The smallest absolute Gasteiger partial charge is 0.243 e. The standard InChI is InChI=1S/C19H20N4O2S/c1-12(13-7-5-4-6-8-13)22-16(24)11-26-18-15(10-21)19(2,3)14(9-20)17(25)23-18/h4-8,12,14H,11H2,1-3H3,(H,22,24)(H,23,25)/t12-,14+/m0/s1. The number of allylic oxidation sites excluding steroid dienone is 1. The van der Waals surface area contributed by atoms with Crippen LogP contribution in [0.15, 0.2) is 40.9 Å². The molecule has 26 heavy (non-hydrogen) atoms. The minimum absolute atomic E-state index is 0.0608. The molecule has 2 rings (SSSR count). The van der Waals surface area contributed by atoms with E-state index in [0.717, 1.165) is 17.3 Å². The van der Waals surface area contributed by atoms with Gasteiger partial charge in [0.1, 0.15) is 5.92 Å². The van der Waals surface area contributed by atoms with Crippen molar-refractivity contribution in [1.29, 1.82) is 10.5 Å². The lowest BCUT2D eigenvalue weighted by Crippen LogP contribution is -2.44. The second-order valence-corrected chi connectivity index (χ2v) is 7.56. The number of hydrogen-bond acceptors (Lipinski definition) is 5. The summed E-state index contributed by atoms with van der Waals surface area (Å²) in [5.74, 6) is -1.53. The van der Waals surface area contributed by atoms with E-state index in [1.54, 1.807) is 13.8 Å². The molecule has 134 valence electrons. The summed E-state index contributed by atoms with van der Waals surface area (Å²) in [5.41, 5.74) is 0.409. The fraction of sp³-hybridized carbons (Fsp3) is 0.368. The molecule has 1 aliphatic rings. The number of thioether (sulfide) groups is 1. The zero-order valence-corrected chi connectivity index (χ0v) is 15.7. The first-order valence-electron chi connectivity index (χ1n) is 8.13. The van der Waals surface area contributed by atoms with Gasteiger partial charge in [-0.05, 0) is 12.5 Å². The maximum atomic E-state index is 12.2. The molecule has 0 unspecified atom stereocenters. The lowest BCUT2D eigenvalue weighted by atomic mass is 9.72. The first kappa shape index (κ1) is 19.6. The van der Waals surface area contributed by atoms with Gasteiger partial charge in [-0.25, -0.2) is 0 Å². The molecule has 6 nitrogen and oxygen atoms in total. The van der Waals surface area contributed by atoms with Crippen LogP contribution in [-0.4, -0.2) is 17.6 Å². The lowest BCUT2D eigenvalue weighted by molar-refractivity contribution is -0.125. The molecule has 1 heterocycles. The van der Waals surface area contributed by atoms with Crippen LogP contribution in [-0.2, 0) is 9.59 Å². The maximum absolute atomic E-state index is 12.2. The number of rotatable bonds is 5. The number of amides is 2. The fourth-order valence-electron chi connectivity index (χ4n) is 2.78. The Morgan fingerprint density at radius 1 is 1.35 bits per heavy atom. The zero-order valence-electron chi connectivity index (χ0n) is 14.9. The summed E-state index contributed by atoms with van der Waals surface area (Å²) in [7, 11) is 0. The number of nitrogens with one attached hydrogen (secondary N) is 2. The molecule has 0 bridgehead atoms. The van der Waals surface area contributed by atoms with Crippen molar-refractivity contribution in [3.05, 3.63) is 46.5 Å². The topological polar surface area (TPSA) is 106 Å². The first-order chi connectivity index (χ1) is 12.3. The number of hydrogen-bond donors (Lipinski definition) is 2. The van der Waals surface area contributed by atoms with Gasteiger partial charge in [0, 0.05) is 5.41 Å². The Morgan fingerprint density at radius 2 is 2.00 bits per heavy atom. The van der Waals surface area contributed by atoms with E-state index in [9.17, 15) is 20.1 Å². The Hall–Kier alpha value is -2.77. The van der Waals surface area contributed by atoms with Gasteiger partial charge in [0.2, 0.25) is 11.8 Å². The number of nitriles is 2. The van der Waals surface area contributed by atoms with Crippen LogP contribution in [0.4, 0.5) is 0 Å². The maximum Gasteiger partial charge on any atom is 0.243 e. The Balaban J connectivity index is 2.07.